The van der Waals surface area contributed by atoms with Gasteiger partial charge in [-0.2, -0.15) is 0 Å². The summed E-state index contributed by atoms with van der Waals surface area (Å²) in [6, 6.07) is 4.13. The molecule has 2 nitrogen and oxygen atoms in total. The number of methoxy groups -OCH3 is 1. The van der Waals surface area contributed by atoms with Gasteiger partial charge in [-0.05, 0) is 49.1 Å². The van der Waals surface area contributed by atoms with Crippen molar-refractivity contribution < 1.29 is 9.84 Å². The second-order valence-electron chi connectivity index (χ2n) is 3.59. The molecule has 0 aromatic heterocycles. The van der Waals surface area contributed by atoms with Crippen molar-refractivity contribution >= 4 is 6.08 Å². The van der Waals surface area contributed by atoms with Gasteiger partial charge in [0.25, 0.3) is 0 Å². The number of benzene rings is 1. The molecule has 15 heavy (non-hydrogen) atoms. The van der Waals surface area contributed by atoms with Crippen molar-refractivity contribution in [1.82, 2.24) is 0 Å². The molecular formula is C13H18O2. The highest BCUT2D eigenvalue weighted by Gasteiger charge is 2.01. The molecule has 0 amide bonds. The van der Waals surface area contributed by atoms with E-state index in [1.165, 1.54) is 11.1 Å². The summed E-state index contributed by atoms with van der Waals surface area (Å²) in [6.07, 6.45) is 4.72. The molecule has 0 unspecified atom stereocenters. The van der Waals surface area contributed by atoms with E-state index in [9.17, 15) is 0 Å². The number of aliphatic hydroxyl groups excluding tert-OH is 1. The van der Waals surface area contributed by atoms with E-state index in [0.29, 0.717) is 6.42 Å². The van der Waals surface area contributed by atoms with Gasteiger partial charge in [0.1, 0.15) is 5.75 Å². The highest BCUT2D eigenvalue weighted by Crippen LogP contribution is 2.23. The molecular weight excluding hydrogens is 188 g/mol. The van der Waals surface area contributed by atoms with E-state index in [0.717, 1.165) is 11.3 Å². The van der Waals surface area contributed by atoms with Gasteiger partial charge >= 0.3 is 0 Å². The topological polar surface area (TPSA) is 29.5 Å². The van der Waals surface area contributed by atoms with Crippen LogP contribution in [0.5, 0.6) is 5.75 Å². The van der Waals surface area contributed by atoms with Gasteiger partial charge in [0.15, 0.2) is 0 Å². The number of hydrogen-bond donors (Lipinski definition) is 1. The van der Waals surface area contributed by atoms with E-state index >= 15 is 0 Å². The first-order chi connectivity index (χ1) is 7.19. The van der Waals surface area contributed by atoms with Crippen LogP contribution in [0.25, 0.3) is 6.08 Å². The maximum Gasteiger partial charge on any atom is 0.122 e. The van der Waals surface area contributed by atoms with Gasteiger partial charge in [0.2, 0.25) is 0 Å². The monoisotopic (exact) mass is 206 g/mol. The first kappa shape index (κ1) is 11.8. The van der Waals surface area contributed by atoms with Crippen LogP contribution in [0.4, 0.5) is 0 Å². The molecule has 82 valence electrons. The Morgan fingerprint density at radius 3 is 2.60 bits per heavy atom. The molecule has 2 heteroatoms. The van der Waals surface area contributed by atoms with Crippen LogP contribution < -0.4 is 4.74 Å². The molecule has 0 radical (unpaired) electrons. The van der Waals surface area contributed by atoms with E-state index in [4.69, 9.17) is 9.84 Å². The van der Waals surface area contributed by atoms with Crippen LogP contribution >= 0.6 is 0 Å². The molecule has 0 fully saturated rings. The average Bonchev–Trinajstić information content (AvgIpc) is 2.23. The summed E-state index contributed by atoms with van der Waals surface area (Å²) in [7, 11) is 1.68. The van der Waals surface area contributed by atoms with Crippen molar-refractivity contribution in [2.24, 2.45) is 0 Å². The van der Waals surface area contributed by atoms with E-state index < -0.39 is 0 Å². The van der Waals surface area contributed by atoms with E-state index in [2.05, 4.69) is 13.0 Å². The lowest BCUT2D eigenvalue weighted by Crippen LogP contribution is -1.90. The van der Waals surface area contributed by atoms with Crippen LogP contribution in [0.1, 0.15) is 23.1 Å². The highest BCUT2D eigenvalue weighted by molar-refractivity contribution is 5.57. The molecule has 0 saturated heterocycles. The molecule has 0 aliphatic carbocycles. The molecule has 0 atom stereocenters. The zero-order chi connectivity index (χ0) is 11.3. The number of ether oxygens (including phenoxy) is 1. The molecule has 0 heterocycles. The summed E-state index contributed by atoms with van der Waals surface area (Å²) in [5.74, 6) is 0.923. The second-order valence-corrected chi connectivity index (χ2v) is 3.59. The average molecular weight is 206 g/mol. The third kappa shape index (κ3) is 3.10. The molecule has 0 aliphatic heterocycles. The van der Waals surface area contributed by atoms with Crippen molar-refractivity contribution in [2.75, 3.05) is 13.7 Å². The summed E-state index contributed by atoms with van der Waals surface area (Å²) in [5.41, 5.74) is 3.50. The predicted molar refractivity (Wildman–Crippen MR) is 63.2 cm³/mol. The lowest BCUT2D eigenvalue weighted by molar-refractivity contribution is 0.303. The smallest absolute Gasteiger partial charge is 0.122 e. The normalized spacial score (nSPS) is 10.9. The Bertz CT molecular complexity index is 354. The SMILES string of the molecule is COc1cc(C)c(C=CCCO)cc1C. The van der Waals surface area contributed by atoms with Gasteiger partial charge in [-0.25, -0.2) is 0 Å². The van der Waals surface area contributed by atoms with Crippen LogP contribution in [-0.2, 0) is 0 Å². The quantitative estimate of drug-likeness (QED) is 0.820. The Hall–Kier alpha value is -1.28. The molecule has 0 bridgehead atoms. The van der Waals surface area contributed by atoms with Gasteiger partial charge in [-0.1, -0.05) is 12.2 Å². The summed E-state index contributed by atoms with van der Waals surface area (Å²) >= 11 is 0. The van der Waals surface area contributed by atoms with Gasteiger partial charge in [-0.3, -0.25) is 0 Å². The Balaban J connectivity index is 2.95. The third-order valence-electron chi connectivity index (χ3n) is 2.38. The van der Waals surface area contributed by atoms with Crippen molar-refractivity contribution in [2.45, 2.75) is 20.3 Å². The fourth-order valence-corrected chi connectivity index (χ4v) is 1.50. The van der Waals surface area contributed by atoms with E-state index in [-0.39, 0.29) is 6.61 Å². The highest BCUT2D eigenvalue weighted by atomic mass is 16.5. The lowest BCUT2D eigenvalue weighted by atomic mass is 10.0. The van der Waals surface area contributed by atoms with Gasteiger partial charge < -0.3 is 9.84 Å². The van der Waals surface area contributed by atoms with Gasteiger partial charge in [0, 0.05) is 6.61 Å². The van der Waals surface area contributed by atoms with Crippen molar-refractivity contribution in [3.63, 3.8) is 0 Å². The Kier molecular flexibility index (Phi) is 4.37. The summed E-state index contributed by atoms with van der Waals surface area (Å²) < 4.78 is 5.24. The van der Waals surface area contributed by atoms with Crippen LogP contribution in [0.3, 0.4) is 0 Å². The second kappa shape index (κ2) is 5.56. The fourth-order valence-electron chi connectivity index (χ4n) is 1.50. The van der Waals surface area contributed by atoms with Crippen LogP contribution in [0.2, 0.25) is 0 Å². The van der Waals surface area contributed by atoms with Gasteiger partial charge in [-0.15, -0.1) is 0 Å². The molecule has 1 rings (SSSR count). The van der Waals surface area contributed by atoms with Crippen LogP contribution in [0, 0.1) is 13.8 Å². The largest absolute Gasteiger partial charge is 0.496 e. The summed E-state index contributed by atoms with van der Waals surface area (Å²) in [5, 5.41) is 8.68. The number of hydrogen-bond acceptors (Lipinski definition) is 2. The maximum atomic E-state index is 8.68. The maximum absolute atomic E-state index is 8.68. The fraction of sp³-hybridized carbons (Fsp3) is 0.385. The van der Waals surface area contributed by atoms with Gasteiger partial charge in [0.05, 0.1) is 7.11 Å². The van der Waals surface area contributed by atoms with E-state index in [1.54, 1.807) is 7.11 Å². The number of aryl methyl sites for hydroxylation is 2. The van der Waals surface area contributed by atoms with Crippen molar-refractivity contribution in [3.8, 4) is 5.75 Å². The first-order valence-electron chi connectivity index (χ1n) is 5.11. The molecule has 0 aliphatic rings. The molecule has 1 aromatic rings. The van der Waals surface area contributed by atoms with E-state index in [1.807, 2.05) is 25.1 Å². The summed E-state index contributed by atoms with van der Waals surface area (Å²) in [6.45, 7) is 4.28. The molecule has 1 N–H and O–H groups in total. The van der Waals surface area contributed by atoms with Crippen molar-refractivity contribution in [3.05, 3.63) is 34.9 Å². The minimum absolute atomic E-state index is 0.199. The minimum atomic E-state index is 0.199. The van der Waals surface area contributed by atoms with Crippen LogP contribution in [0.15, 0.2) is 18.2 Å². The molecule has 0 saturated carbocycles. The molecule has 0 spiro atoms. The Morgan fingerprint density at radius 2 is 2.00 bits per heavy atom. The minimum Gasteiger partial charge on any atom is -0.496 e. The van der Waals surface area contributed by atoms with Crippen LogP contribution in [-0.4, -0.2) is 18.8 Å². The van der Waals surface area contributed by atoms with Crippen molar-refractivity contribution in [1.29, 1.82) is 0 Å². The number of aliphatic hydroxyl groups is 1. The summed E-state index contributed by atoms with van der Waals surface area (Å²) in [4.78, 5) is 0. The predicted octanol–water partition coefficient (Wildman–Crippen LogP) is 2.71. The number of rotatable bonds is 4. The third-order valence-corrected chi connectivity index (χ3v) is 2.38. The Labute approximate surface area is 91.2 Å². The molecule has 1 aromatic carbocycles. The lowest BCUT2D eigenvalue weighted by Gasteiger charge is -2.08. The zero-order valence-electron chi connectivity index (χ0n) is 9.58. The zero-order valence-corrected chi connectivity index (χ0v) is 9.58. The first-order valence-corrected chi connectivity index (χ1v) is 5.11. The standard InChI is InChI=1S/C13H18O2/c1-10-9-13(15-3)11(2)8-12(10)6-4-5-7-14/h4,6,8-9,14H,5,7H2,1-3H3. The Morgan fingerprint density at radius 1 is 1.27 bits per heavy atom.